The molecule has 4 atom stereocenters. The first-order chi connectivity index (χ1) is 39.5. The normalized spacial score (nSPS) is 13.4. The molecular weight excluding hydrogens is 1040 g/mol. The molecule has 0 bridgehead atoms. The molecule has 0 amide bonds. The third kappa shape index (κ3) is 57.8. The Bertz CT molecular complexity index is 1260. The van der Waals surface area contributed by atoms with Crippen LogP contribution in [-0.4, -0.2) is 113 Å². The van der Waals surface area contributed by atoms with Crippen molar-refractivity contribution in [2.24, 2.45) is 0 Å². The maximum Gasteiger partial charge on any atom is 0.303 e. The van der Waals surface area contributed by atoms with Gasteiger partial charge in [-0.15, -0.1) is 0 Å². The number of carboxylic acid groups (broad SMARTS) is 2. The Balaban J connectivity index is -0.00000130. The quantitative estimate of drug-likeness (QED) is 0.0263. The van der Waals surface area contributed by atoms with Crippen molar-refractivity contribution < 1.29 is 69.6 Å². The van der Waals surface area contributed by atoms with E-state index in [1.54, 1.807) is 0 Å². The van der Waals surface area contributed by atoms with E-state index in [-0.39, 0.29) is 38.5 Å². The van der Waals surface area contributed by atoms with Crippen molar-refractivity contribution in [3.63, 3.8) is 0 Å². The van der Waals surface area contributed by atoms with Crippen LogP contribution in [0.25, 0.3) is 0 Å². The molecule has 14 nitrogen and oxygen atoms in total. The molecule has 0 saturated carbocycles. The first kappa shape index (κ1) is 83.6. The lowest BCUT2D eigenvalue weighted by atomic mass is 9.95. The van der Waals surface area contributed by atoms with Crippen molar-refractivity contribution in [2.75, 3.05) is 0 Å². The van der Waals surface area contributed by atoms with Crippen molar-refractivity contribution in [1.29, 1.82) is 0 Å². The van der Waals surface area contributed by atoms with Crippen LogP contribution in [0.2, 0.25) is 0 Å². The lowest BCUT2D eigenvalue weighted by Crippen LogP contribution is -2.45. The highest BCUT2D eigenvalue weighted by atomic mass is 16.4. The summed E-state index contributed by atoms with van der Waals surface area (Å²) in [6.07, 6.45) is 43.2. The van der Waals surface area contributed by atoms with Gasteiger partial charge < -0.3 is 40.9 Å². The summed E-state index contributed by atoms with van der Waals surface area (Å²) in [5.41, 5.74) is 0. The number of aliphatic hydroxyl groups is 6. The molecule has 0 aliphatic carbocycles. The molecule has 0 heterocycles. The second-order valence-electron chi connectivity index (χ2n) is 23.8. The highest BCUT2D eigenvalue weighted by Gasteiger charge is 2.34. The number of carboxylic acids is 2. The highest BCUT2D eigenvalue weighted by Crippen LogP contribution is 2.19. The molecule has 14 heteroatoms. The van der Waals surface area contributed by atoms with E-state index in [2.05, 4.69) is 27.7 Å². The zero-order chi connectivity index (χ0) is 61.7. The van der Waals surface area contributed by atoms with Gasteiger partial charge in [0.25, 0.3) is 0 Å². The summed E-state index contributed by atoms with van der Waals surface area (Å²) >= 11 is 0. The van der Waals surface area contributed by atoms with E-state index < -0.39 is 71.7 Å². The summed E-state index contributed by atoms with van der Waals surface area (Å²) in [5.74, 6) is -3.68. The van der Waals surface area contributed by atoms with Crippen molar-refractivity contribution in [3.05, 3.63) is 0 Å². The van der Waals surface area contributed by atoms with Crippen LogP contribution in [-0.2, 0) is 28.8 Å². The van der Waals surface area contributed by atoms with Crippen LogP contribution in [0, 0.1) is 0 Å². The Labute approximate surface area is 501 Å². The van der Waals surface area contributed by atoms with Crippen LogP contribution in [0.4, 0.5) is 0 Å². The molecule has 0 aliphatic rings. The molecule has 0 saturated heterocycles. The number of hydrogen-bond acceptors (Lipinski definition) is 12. The molecule has 0 spiro atoms. The smallest absolute Gasteiger partial charge is 0.303 e. The molecule has 0 rings (SSSR count). The topological polar surface area (TPSA) is 264 Å². The summed E-state index contributed by atoms with van der Waals surface area (Å²) in [4.78, 5) is 68.6. The van der Waals surface area contributed by atoms with Crippen LogP contribution in [0.1, 0.15) is 362 Å². The number of carbonyl (C=O) groups is 6. The second-order valence-corrected chi connectivity index (χ2v) is 23.8. The summed E-state index contributed by atoms with van der Waals surface area (Å²) in [5, 5.41) is 77.0. The lowest BCUT2D eigenvalue weighted by Gasteiger charge is -2.21. The molecule has 0 aliphatic heterocycles. The Hall–Kier alpha value is -2.62. The van der Waals surface area contributed by atoms with Crippen molar-refractivity contribution >= 4 is 35.1 Å². The van der Waals surface area contributed by atoms with E-state index in [0.29, 0.717) is 38.5 Å². The highest BCUT2D eigenvalue weighted by molar-refractivity contribution is 5.88. The Kier molecular flexibility index (Phi) is 65.6. The van der Waals surface area contributed by atoms with Crippen molar-refractivity contribution in [1.82, 2.24) is 0 Å². The van der Waals surface area contributed by atoms with Gasteiger partial charge in [-0.2, -0.15) is 0 Å². The second kappa shape index (κ2) is 64.4. The fourth-order valence-electron chi connectivity index (χ4n) is 10.1. The van der Waals surface area contributed by atoms with Gasteiger partial charge in [-0.25, -0.2) is 0 Å². The predicted molar refractivity (Wildman–Crippen MR) is 334 cm³/mol. The number of rotatable bonds is 61. The zero-order valence-corrected chi connectivity index (χ0v) is 53.3. The van der Waals surface area contributed by atoms with E-state index >= 15 is 0 Å². The number of hydrogen-bond donors (Lipinski definition) is 8. The fraction of sp³-hybridized carbons (Fsp3) is 0.912. The third-order valence-electron chi connectivity index (χ3n) is 15.8. The minimum atomic E-state index is -1.73. The summed E-state index contributed by atoms with van der Waals surface area (Å²) in [6.45, 7) is 8.92. The SMILES string of the molecule is CCCCCCCCCCCCCC(=O)C(O)C(O)C(O)C(=O)CCCCCCCCCCCCC.CCCCCCCCCCCCCC(=O)C(O)C(O)C(O)C(=O)CCCCCCCCCCCCC.O=C(O)CCCCC(=O)O. The van der Waals surface area contributed by atoms with E-state index in [1.807, 2.05) is 0 Å². The van der Waals surface area contributed by atoms with Crippen molar-refractivity contribution in [2.45, 2.75) is 398 Å². The van der Waals surface area contributed by atoms with Gasteiger partial charge in [0.05, 0.1) is 0 Å². The van der Waals surface area contributed by atoms with E-state index in [1.165, 1.54) is 205 Å². The van der Waals surface area contributed by atoms with Crippen LogP contribution >= 0.6 is 0 Å². The Morgan fingerprint density at radius 1 is 0.207 bits per heavy atom. The summed E-state index contributed by atoms with van der Waals surface area (Å²) < 4.78 is 0. The van der Waals surface area contributed by atoms with Gasteiger partial charge in [0.2, 0.25) is 0 Å². The average molecular weight is 1170 g/mol. The van der Waals surface area contributed by atoms with Gasteiger partial charge in [0, 0.05) is 38.5 Å². The number of ketones is 4. The van der Waals surface area contributed by atoms with Crippen LogP contribution in [0.5, 0.6) is 0 Å². The van der Waals surface area contributed by atoms with E-state index in [9.17, 15) is 59.4 Å². The number of unbranched alkanes of at least 4 members (excludes halogenated alkanes) is 41. The van der Waals surface area contributed by atoms with Crippen LogP contribution < -0.4 is 0 Å². The lowest BCUT2D eigenvalue weighted by molar-refractivity contribution is -0.148. The van der Waals surface area contributed by atoms with Gasteiger partial charge in [-0.1, -0.05) is 285 Å². The third-order valence-corrected chi connectivity index (χ3v) is 15.8. The molecule has 0 aromatic heterocycles. The molecule has 0 fully saturated rings. The molecule has 486 valence electrons. The minimum absolute atomic E-state index is 0.0628. The monoisotopic (exact) mass is 1170 g/mol. The Morgan fingerprint density at radius 3 is 0.463 bits per heavy atom. The zero-order valence-electron chi connectivity index (χ0n) is 53.3. The van der Waals surface area contributed by atoms with Gasteiger partial charge in [0.1, 0.15) is 36.6 Å². The maximum absolute atomic E-state index is 12.2. The molecule has 0 radical (unpaired) electrons. The van der Waals surface area contributed by atoms with Gasteiger partial charge >= 0.3 is 11.9 Å². The first-order valence-corrected chi connectivity index (χ1v) is 34.2. The number of aliphatic carboxylic acids is 2. The molecule has 82 heavy (non-hydrogen) atoms. The predicted octanol–water partition coefficient (Wildman–Crippen LogP) is 15.9. The summed E-state index contributed by atoms with van der Waals surface area (Å²) in [7, 11) is 0. The van der Waals surface area contributed by atoms with Crippen LogP contribution in [0.15, 0.2) is 0 Å². The Morgan fingerprint density at radius 2 is 0.329 bits per heavy atom. The molecular formula is C68H130O14. The molecule has 0 aromatic carbocycles. The van der Waals surface area contributed by atoms with E-state index in [0.717, 1.165) is 51.4 Å². The average Bonchev–Trinajstić information content (AvgIpc) is 3.51. The number of carbonyl (C=O) groups excluding carboxylic acids is 4. The van der Waals surface area contributed by atoms with Gasteiger partial charge in [0.15, 0.2) is 23.1 Å². The number of aliphatic hydroxyl groups excluding tert-OH is 6. The van der Waals surface area contributed by atoms with E-state index in [4.69, 9.17) is 10.2 Å². The maximum atomic E-state index is 12.2. The summed E-state index contributed by atoms with van der Waals surface area (Å²) in [6, 6.07) is 0. The standard InChI is InChI=1S/2C31H60O5.C6H10O4/c2*1-3-5-7-9-11-13-15-17-19-21-23-25-27(32)29(34)31(36)30(35)28(33)26-24-22-20-18-16-14-12-10-8-6-4-2;7-5(8)3-1-2-4-6(9)10/h2*29-31,34-36H,3-26H2,1-2H3;1-4H2,(H,7,8)(H,9,10). The van der Waals surface area contributed by atoms with Crippen molar-refractivity contribution in [3.8, 4) is 0 Å². The fourth-order valence-corrected chi connectivity index (χ4v) is 10.1. The van der Waals surface area contributed by atoms with Gasteiger partial charge in [-0.3, -0.25) is 28.8 Å². The molecule has 0 aromatic rings. The first-order valence-electron chi connectivity index (χ1n) is 34.2. The number of Topliss-reactive ketones (excluding diaryl/α,β-unsaturated/α-hetero) is 4. The van der Waals surface area contributed by atoms with Crippen LogP contribution in [0.3, 0.4) is 0 Å². The molecule has 8 N–H and O–H groups in total. The minimum Gasteiger partial charge on any atom is -0.481 e. The molecule has 4 unspecified atom stereocenters. The largest absolute Gasteiger partial charge is 0.481 e. The van der Waals surface area contributed by atoms with Gasteiger partial charge in [-0.05, 0) is 38.5 Å².